The molecule has 0 aromatic heterocycles. The summed E-state index contributed by atoms with van der Waals surface area (Å²) < 4.78 is 0. The second-order valence-corrected chi connectivity index (χ2v) is 7.45. The maximum Gasteiger partial charge on any atom is 0.00952 e. The van der Waals surface area contributed by atoms with Gasteiger partial charge in [0.1, 0.15) is 0 Å². The summed E-state index contributed by atoms with van der Waals surface area (Å²) in [7, 11) is 0. The highest BCUT2D eigenvalue weighted by Gasteiger charge is 2.28. The van der Waals surface area contributed by atoms with Gasteiger partial charge in [-0.3, -0.25) is 0 Å². The van der Waals surface area contributed by atoms with Crippen molar-refractivity contribution in [2.75, 3.05) is 0 Å². The van der Waals surface area contributed by atoms with Gasteiger partial charge in [0.2, 0.25) is 0 Å². The SMILES string of the molecule is CCC(NC1CCCC(C(C)C)C1)C1CCCCC1. The highest BCUT2D eigenvalue weighted by atomic mass is 15.0. The van der Waals surface area contributed by atoms with Gasteiger partial charge in [0.25, 0.3) is 0 Å². The maximum absolute atomic E-state index is 4.06. The minimum absolute atomic E-state index is 0.802. The summed E-state index contributed by atoms with van der Waals surface area (Å²) in [5.41, 5.74) is 0. The van der Waals surface area contributed by atoms with E-state index in [9.17, 15) is 0 Å². The van der Waals surface area contributed by atoms with Crippen LogP contribution in [0.4, 0.5) is 0 Å². The Balaban J connectivity index is 1.83. The summed E-state index contributed by atoms with van der Waals surface area (Å²) in [5.74, 6) is 2.81. The van der Waals surface area contributed by atoms with E-state index in [4.69, 9.17) is 0 Å². The van der Waals surface area contributed by atoms with E-state index >= 15 is 0 Å². The zero-order valence-electron chi connectivity index (χ0n) is 13.5. The molecule has 0 heterocycles. The molecule has 3 atom stereocenters. The van der Waals surface area contributed by atoms with Crippen LogP contribution in [0.1, 0.15) is 85.0 Å². The van der Waals surface area contributed by atoms with Crippen molar-refractivity contribution in [2.24, 2.45) is 17.8 Å². The van der Waals surface area contributed by atoms with E-state index in [0.29, 0.717) is 0 Å². The minimum atomic E-state index is 0.802. The number of nitrogens with one attached hydrogen (secondary N) is 1. The lowest BCUT2D eigenvalue weighted by Crippen LogP contribution is -2.45. The molecule has 0 radical (unpaired) electrons. The molecule has 19 heavy (non-hydrogen) atoms. The average Bonchev–Trinajstić information content (AvgIpc) is 2.46. The Morgan fingerprint density at radius 1 is 0.895 bits per heavy atom. The van der Waals surface area contributed by atoms with Crippen LogP contribution in [0.25, 0.3) is 0 Å². The molecule has 1 N–H and O–H groups in total. The van der Waals surface area contributed by atoms with Crippen LogP contribution in [0.3, 0.4) is 0 Å². The van der Waals surface area contributed by atoms with E-state index in [2.05, 4.69) is 26.1 Å². The molecule has 2 aliphatic carbocycles. The molecule has 0 amide bonds. The monoisotopic (exact) mass is 265 g/mol. The first kappa shape index (κ1) is 15.4. The fraction of sp³-hybridized carbons (Fsp3) is 1.00. The van der Waals surface area contributed by atoms with Gasteiger partial charge in [-0.15, -0.1) is 0 Å². The van der Waals surface area contributed by atoms with Gasteiger partial charge in [-0.05, 0) is 49.9 Å². The molecule has 0 aromatic carbocycles. The predicted octanol–water partition coefficient (Wildman–Crippen LogP) is 5.15. The van der Waals surface area contributed by atoms with Crippen LogP contribution >= 0.6 is 0 Å². The average molecular weight is 265 g/mol. The summed E-state index contributed by atoms with van der Waals surface area (Å²) in [5, 5.41) is 4.06. The molecule has 2 rings (SSSR count). The van der Waals surface area contributed by atoms with Crippen molar-refractivity contribution in [1.82, 2.24) is 5.32 Å². The van der Waals surface area contributed by atoms with Crippen molar-refractivity contribution < 1.29 is 0 Å². The van der Waals surface area contributed by atoms with Gasteiger partial charge >= 0.3 is 0 Å². The first-order valence-corrected chi connectivity index (χ1v) is 8.96. The van der Waals surface area contributed by atoms with E-state index in [1.807, 2.05) is 0 Å². The molecular formula is C18H35N. The quantitative estimate of drug-likeness (QED) is 0.725. The molecular weight excluding hydrogens is 230 g/mol. The van der Waals surface area contributed by atoms with Gasteiger partial charge < -0.3 is 5.32 Å². The van der Waals surface area contributed by atoms with Gasteiger partial charge in [-0.2, -0.15) is 0 Å². The van der Waals surface area contributed by atoms with Crippen molar-refractivity contribution in [3.63, 3.8) is 0 Å². The second-order valence-electron chi connectivity index (χ2n) is 7.45. The molecule has 112 valence electrons. The Kier molecular flexibility index (Phi) is 6.19. The van der Waals surface area contributed by atoms with Crippen LogP contribution in [0, 0.1) is 17.8 Å². The Bertz CT molecular complexity index is 242. The number of hydrogen-bond acceptors (Lipinski definition) is 1. The fourth-order valence-electron chi connectivity index (χ4n) is 4.41. The zero-order chi connectivity index (χ0) is 13.7. The fourth-order valence-corrected chi connectivity index (χ4v) is 4.41. The molecule has 1 nitrogen and oxygen atoms in total. The Morgan fingerprint density at radius 2 is 1.58 bits per heavy atom. The van der Waals surface area contributed by atoms with Gasteiger partial charge in [0, 0.05) is 12.1 Å². The Morgan fingerprint density at radius 3 is 2.21 bits per heavy atom. The zero-order valence-corrected chi connectivity index (χ0v) is 13.5. The summed E-state index contributed by atoms with van der Waals surface area (Å²) >= 11 is 0. The summed E-state index contributed by atoms with van der Waals surface area (Å²) in [6.07, 6.45) is 14.5. The van der Waals surface area contributed by atoms with Crippen molar-refractivity contribution >= 4 is 0 Å². The molecule has 0 saturated heterocycles. The van der Waals surface area contributed by atoms with Crippen molar-refractivity contribution in [1.29, 1.82) is 0 Å². The highest BCUT2D eigenvalue weighted by Crippen LogP contribution is 2.32. The standard InChI is InChI=1S/C18H35N/c1-4-18(15-9-6-5-7-10-15)19-17-12-8-11-16(13-17)14(2)3/h14-19H,4-13H2,1-3H3. The van der Waals surface area contributed by atoms with E-state index < -0.39 is 0 Å². The number of rotatable bonds is 5. The molecule has 2 fully saturated rings. The van der Waals surface area contributed by atoms with Crippen molar-refractivity contribution in [2.45, 2.75) is 97.1 Å². The molecule has 2 saturated carbocycles. The van der Waals surface area contributed by atoms with Gasteiger partial charge in [-0.1, -0.05) is 52.9 Å². The molecule has 0 aromatic rings. The normalized spacial score (nSPS) is 31.6. The summed E-state index contributed by atoms with van der Waals surface area (Å²) in [4.78, 5) is 0. The summed E-state index contributed by atoms with van der Waals surface area (Å²) in [6, 6.07) is 1.62. The van der Waals surface area contributed by atoms with Crippen molar-refractivity contribution in [3.05, 3.63) is 0 Å². The van der Waals surface area contributed by atoms with Gasteiger partial charge in [0.15, 0.2) is 0 Å². The first-order valence-electron chi connectivity index (χ1n) is 8.96. The third-order valence-corrected chi connectivity index (χ3v) is 5.77. The largest absolute Gasteiger partial charge is 0.311 e. The third-order valence-electron chi connectivity index (χ3n) is 5.77. The third kappa shape index (κ3) is 4.48. The summed E-state index contributed by atoms with van der Waals surface area (Å²) in [6.45, 7) is 7.20. The van der Waals surface area contributed by atoms with Crippen LogP contribution in [0.15, 0.2) is 0 Å². The molecule has 1 heteroatoms. The van der Waals surface area contributed by atoms with Crippen LogP contribution in [0.5, 0.6) is 0 Å². The molecule has 0 spiro atoms. The molecule has 0 bridgehead atoms. The van der Waals surface area contributed by atoms with E-state index in [1.54, 1.807) is 0 Å². The highest BCUT2D eigenvalue weighted by molar-refractivity contribution is 4.85. The van der Waals surface area contributed by atoms with Gasteiger partial charge in [0.05, 0.1) is 0 Å². The lowest BCUT2D eigenvalue weighted by atomic mass is 9.78. The second kappa shape index (κ2) is 7.67. The van der Waals surface area contributed by atoms with E-state index in [-0.39, 0.29) is 0 Å². The lowest BCUT2D eigenvalue weighted by molar-refractivity contribution is 0.186. The molecule has 2 aliphatic rings. The topological polar surface area (TPSA) is 12.0 Å². The number of hydrogen-bond donors (Lipinski definition) is 1. The molecule has 0 aliphatic heterocycles. The minimum Gasteiger partial charge on any atom is -0.311 e. The van der Waals surface area contributed by atoms with Crippen LogP contribution in [0.2, 0.25) is 0 Å². The van der Waals surface area contributed by atoms with Crippen molar-refractivity contribution in [3.8, 4) is 0 Å². The van der Waals surface area contributed by atoms with Crippen LogP contribution < -0.4 is 5.32 Å². The Hall–Kier alpha value is -0.0400. The first-order chi connectivity index (χ1) is 9.20. The molecule has 3 unspecified atom stereocenters. The van der Waals surface area contributed by atoms with E-state index in [1.165, 1.54) is 64.2 Å². The predicted molar refractivity (Wildman–Crippen MR) is 84.4 cm³/mol. The van der Waals surface area contributed by atoms with Gasteiger partial charge in [-0.25, -0.2) is 0 Å². The maximum atomic E-state index is 4.06. The Labute approximate surface area is 120 Å². The van der Waals surface area contributed by atoms with Crippen LogP contribution in [-0.4, -0.2) is 12.1 Å². The van der Waals surface area contributed by atoms with E-state index in [0.717, 1.165) is 29.8 Å². The lowest BCUT2D eigenvalue weighted by Gasteiger charge is -2.38. The van der Waals surface area contributed by atoms with Crippen LogP contribution in [-0.2, 0) is 0 Å². The smallest absolute Gasteiger partial charge is 0.00952 e.